The van der Waals surface area contributed by atoms with Crippen LogP contribution in [-0.2, 0) is 4.74 Å². The molecule has 0 saturated carbocycles. The van der Waals surface area contributed by atoms with Crippen LogP contribution in [0.1, 0.15) is 6.92 Å². The van der Waals surface area contributed by atoms with Crippen LogP contribution >= 0.6 is 23.2 Å². The minimum Gasteiger partial charge on any atom is -0.475 e. The summed E-state index contributed by atoms with van der Waals surface area (Å²) in [6, 6.07) is 3.31. The Kier molecular flexibility index (Phi) is 5.01. The Morgan fingerprint density at radius 2 is 2.07 bits per heavy atom. The lowest BCUT2D eigenvalue weighted by Gasteiger charge is -2.05. The molecule has 0 radical (unpaired) electrons. The van der Waals surface area contributed by atoms with Crippen molar-refractivity contribution in [2.45, 2.75) is 6.92 Å². The largest absolute Gasteiger partial charge is 0.475 e. The van der Waals surface area contributed by atoms with Gasteiger partial charge in [0.05, 0.1) is 11.6 Å². The average molecular weight is 236 g/mol. The number of aromatic nitrogens is 1. The molecule has 0 fully saturated rings. The molecule has 0 N–H and O–H groups in total. The van der Waals surface area contributed by atoms with E-state index >= 15 is 0 Å². The summed E-state index contributed by atoms with van der Waals surface area (Å²) in [5, 5.41) is 0.671. The molecule has 0 unspecified atom stereocenters. The van der Waals surface area contributed by atoms with Crippen molar-refractivity contribution in [2.75, 3.05) is 19.8 Å². The van der Waals surface area contributed by atoms with E-state index in [0.29, 0.717) is 30.7 Å². The zero-order valence-corrected chi connectivity index (χ0v) is 9.31. The number of ether oxygens (including phenoxy) is 2. The van der Waals surface area contributed by atoms with E-state index < -0.39 is 0 Å². The molecule has 0 bridgehead atoms. The third kappa shape index (κ3) is 3.70. The predicted molar refractivity (Wildman–Crippen MR) is 56.2 cm³/mol. The van der Waals surface area contributed by atoms with E-state index in [4.69, 9.17) is 32.7 Å². The molecule has 0 atom stereocenters. The van der Waals surface area contributed by atoms with Crippen molar-refractivity contribution in [1.29, 1.82) is 0 Å². The zero-order valence-electron chi connectivity index (χ0n) is 7.80. The summed E-state index contributed by atoms with van der Waals surface area (Å²) in [7, 11) is 0. The summed E-state index contributed by atoms with van der Waals surface area (Å²) >= 11 is 11.4. The minimum absolute atomic E-state index is 0.251. The van der Waals surface area contributed by atoms with Gasteiger partial charge in [0.1, 0.15) is 6.61 Å². The van der Waals surface area contributed by atoms with Crippen LogP contribution in [0.5, 0.6) is 5.88 Å². The van der Waals surface area contributed by atoms with Gasteiger partial charge < -0.3 is 9.47 Å². The summed E-state index contributed by atoms with van der Waals surface area (Å²) in [6.07, 6.45) is 0. The summed E-state index contributed by atoms with van der Waals surface area (Å²) in [4.78, 5) is 3.93. The lowest BCUT2D eigenvalue weighted by Crippen LogP contribution is -2.07. The van der Waals surface area contributed by atoms with E-state index in [0.717, 1.165) is 0 Å². The molecule has 1 aromatic rings. The lowest BCUT2D eigenvalue weighted by molar-refractivity contribution is 0.108. The highest BCUT2D eigenvalue weighted by Crippen LogP contribution is 2.21. The van der Waals surface area contributed by atoms with E-state index in [1.807, 2.05) is 6.92 Å². The second kappa shape index (κ2) is 6.06. The second-order valence-electron chi connectivity index (χ2n) is 2.47. The van der Waals surface area contributed by atoms with Crippen molar-refractivity contribution in [3.8, 4) is 5.88 Å². The SMILES string of the molecule is CCOCCOc1ccc(Cl)c(Cl)n1. The van der Waals surface area contributed by atoms with Gasteiger partial charge in [-0.2, -0.15) is 0 Å². The van der Waals surface area contributed by atoms with Gasteiger partial charge in [0.25, 0.3) is 0 Å². The van der Waals surface area contributed by atoms with Gasteiger partial charge in [0.15, 0.2) is 5.15 Å². The Balaban J connectivity index is 2.39. The van der Waals surface area contributed by atoms with Crippen LogP contribution in [0.2, 0.25) is 10.2 Å². The van der Waals surface area contributed by atoms with Crippen molar-refractivity contribution in [2.24, 2.45) is 0 Å². The van der Waals surface area contributed by atoms with Crippen molar-refractivity contribution in [3.63, 3.8) is 0 Å². The molecule has 0 aromatic carbocycles. The molecule has 0 amide bonds. The molecule has 0 aliphatic carbocycles. The van der Waals surface area contributed by atoms with E-state index in [1.165, 1.54) is 0 Å². The fourth-order valence-corrected chi connectivity index (χ4v) is 1.08. The van der Waals surface area contributed by atoms with Crippen LogP contribution in [0.4, 0.5) is 0 Å². The van der Waals surface area contributed by atoms with Gasteiger partial charge in [-0.15, -0.1) is 0 Å². The van der Waals surface area contributed by atoms with Crippen LogP contribution in [-0.4, -0.2) is 24.8 Å². The second-order valence-corrected chi connectivity index (χ2v) is 3.23. The van der Waals surface area contributed by atoms with Gasteiger partial charge in [-0.25, -0.2) is 4.98 Å². The van der Waals surface area contributed by atoms with E-state index in [9.17, 15) is 0 Å². The first-order chi connectivity index (χ1) is 6.74. The topological polar surface area (TPSA) is 31.4 Å². The molecular weight excluding hydrogens is 225 g/mol. The fraction of sp³-hybridized carbons (Fsp3) is 0.444. The highest BCUT2D eigenvalue weighted by molar-refractivity contribution is 6.41. The third-order valence-corrected chi connectivity index (χ3v) is 2.15. The van der Waals surface area contributed by atoms with E-state index in [1.54, 1.807) is 12.1 Å². The van der Waals surface area contributed by atoms with Gasteiger partial charge in [0, 0.05) is 12.7 Å². The molecule has 0 saturated heterocycles. The number of nitrogens with zero attached hydrogens (tertiary/aromatic N) is 1. The Labute approximate surface area is 92.9 Å². The van der Waals surface area contributed by atoms with Gasteiger partial charge in [-0.1, -0.05) is 23.2 Å². The summed E-state index contributed by atoms with van der Waals surface area (Å²) in [6.45, 7) is 3.60. The number of halogens is 2. The molecule has 14 heavy (non-hydrogen) atoms. The van der Waals surface area contributed by atoms with Gasteiger partial charge in [0.2, 0.25) is 5.88 Å². The maximum Gasteiger partial charge on any atom is 0.214 e. The van der Waals surface area contributed by atoms with Crippen molar-refractivity contribution >= 4 is 23.2 Å². The Morgan fingerprint density at radius 3 is 2.71 bits per heavy atom. The number of hydrogen-bond donors (Lipinski definition) is 0. The van der Waals surface area contributed by atoms with Gasteiger partial charge in [-0.3, -0.25) is 0 Å². The predicted octanol–water partition coefficient (Wildman–Crippen LogP) is 2.80. The lowest BCUT2D eigenvalue weighted by atomic mass is 10.5. The molecule has 1 rings (SSSR count). The maximum atomic E-state index is 5.70. The normalized spacial score (nSPS) is 10.2. The van der Waals surface area contributed by atoms with Crippen molar-refractivity contribution < 1.29 is 9.47 Å². The fourth-order valence-electron chi connectivity index (χ4n) is 0.831. The number of rotatable bonds is 5. The third-order valence-electron chi connectivity index (χ3n) is 1.46. The smallest absolute Gasteiger partial charge is 0.214 e. The summed E-state index contributed by atoms with van der Waals surface area (Å²) in [5.74, 6) is 0.458. The highest BCUT2D eigenvalue weighted by atomic mass is 35.5. The number of hydrogen-bond acceptors (Lipinski definition) is 3. The number of pyridine rings is 1. The first-order valence-electron chi connectivity index (χ1n) is 4.26. The first kappa shape index (κ1) is 11.6. The molecular formula is C9H11Cl2NO2. The minimum atomic E-state index is 0.251. The average Bonchev–Trinajstić information content (AvgIpc) is 2.18. The van der Waals surface area contributed by atoms with Crippen molar-refractivity contribution in [1.82, 2.24) is 4.98 Å². The highest BCUT2D eigenvalue weighted by Gasteiger charge is 2.01. The van der Waals surface area contributed by atoms with E-state index in [2.05, 4.69) is 4.98 Å². The van der Waals surface area contributed by atoms with Gasteiger partial charge in [-0.05, 0) is 13.0 Å². The van der Waals surface area contributed by atoms with E-state index in [-0.39, 0.29) is 5.15 Å². The van der Waals surface area contributed by atoms with Crippen LogP contribution in [0, 0.1) is 0 Å². The Hall–Kier alpha value is -0.510. The Bertz CT molecular complexity index is 294. The maximum absolute atomic E-state index is 5.70. The monoisotopic (exact) mass is 235 g/mol. The van der Waals surface area contributed by atoms with Crippen LogP contribution in [0.15, 0.2) is 12.1 Å². The molecule has 1 heterocycles. The molecule has 5 heteroatoms. The zero-order chi connectivity index (χ0) is 10.4. The molecule has 1 aromatic heterocycles. The van der Waals surface area contributed by atoms with Crippen LogP contribution < -0.4 is 4.74 Å². The Morgan fingerprint density at radius 1 is 1.29 bits per heavy atom. The van der Waals surface area contributed by atoms with Crippen LogP contribution in [0.25, 0.3) is 0 Å². The van der Waals surface area contributed by atoms with Crippen molar-refractivity contribution in [3.05, 3.63) is 22.3 Å². The van der Waals surface area contributed by atoms with Gasteiger partial charge >= 0.3 is 0 Å². The quantitative estimate of drug-likeness (QED) is 0.581. The summed E-state index contributed by atoms with van der Waals surface area (Å²) in [5.41, 5.74) is 0. The first-order valence-corrected chi connectivity index (χ1v) is 5.02. The molecule has 3 nitrogen and oxygen atoms in total. The molecule has 0 aliphatic heterocycles. The molecule has 0 aliphatic rings. The van der Waals surface area contributed by atoms with Crippen LogP contribution in [0.3, 0.4) is 0 Å². The summed E-state index contributed by atoms with van der Waals surface area (Å²) < 4.78 is 10.4. The molecule has 78 valence electrons. The molecule has 0 spiro atoms. The standard InChI is InChI=1S/C9H11Cl2NO2/c1-2-13-5-6-14-8-4-3-7(10)9(11)12-8/h3-4H,2,5-6H2,1H3.